The van der Waals surface area contributed by atoms with Crippen molar-refractivity contribution < 1.29 is 0 Å². The molecular formula is C34H21ClN4. The van der Waals surface area contributed by atoms with Crippen LogP contribution in [-0.2, 0) is 0 Å². The molecule has 0 saturated carbocycles. The highest BCUT2D eigenvalue weighted by atomic mass is 35.5. The number of nitrogens with zero attached hydrogens (tertiary/aromatic N) is 4. The van der Waals surface area contributed by atoms with Crippen molar-refractivity contribution in [3.05, 3.63) is 138 Å². The third-order valence-corrected chi connectivity index (χ3v) is 6.71. The van der Waals surface area contributed by atoms with Crippen molar-refractivity contribution >= 4 is 11.6 Å². The maximum atomic E-state index is 9.67. The number of nitriles is 1. The minimum Gasteiger partial charge on any atom is -0.208 e. The molecule has 5 aromatic carbocycles. The molecule has 184 valence electrons. The third kappa shape index (κ3) is 5.17. The first-order valence-corrected chi connectivity index (χ1v) is 12.8. The molecule has 4 nitrogen and oxygen atoms in total. The topological polar surface area (TPSA) is 62.5 Å². The number of rotatable bonds is 5. The van der Waals surface area contributed by atoms with Gasteiger partial charge in [-0.05, 0) is 46.5 Å². The molecule has 0 radical (unpaired) electrons. The van der Waals surface area contributed by atoms with Crippen LogP contribution in [-0.4, -0.2) is 15.0 Å². The van der Waals surface area contributed by atoms with Gasteiger partial charge in [0.1, 0.15) is 0 Å². The van der Waals surface area contributed by atoms with E-state index in [4.69, 9.17) is 26.6 Å². The van der Waals surface area contributed by atoms with Crippen molar-refractivity contribution in [1.29, 1.82) is 5.26 Å². The molecule has 0 aliphatic heterocycles. The Morgan fingerprint density at radius 3 is 1.56 bits per heavy atom. The molecule has 0 fully saturated rings. The number of hydrogen-bond acceptors (Lipinski definition) is 4. The van der Waals surface area contributed by atoms with Crippen LogP contribution in [0.5, 0.6) is 0 Å². The highest BCUT2D eigenvalue weighted by Crippen LogP contribution is 2.34. The second kappa shape index (κ2) is 10.7. The van der Waals surface area contributed by atoms with Crippen molar-refractivity contribution in [2.75, 3.05) is 0 Å². The van der Waals surface area contributed by atoms with E-state index in [-0.39, 0.29) is 0 Å². The Hall–Kier alpha value is -5.11. The molecule has 0 aliphatic carbocycles. The van der Waals surface area contributed by atoms with Crippen molar-refractivity contribution in [3.8, 4) is 62.5 Å². The molecule has 0 N–H and O–H groups in total. The average molecular weight is 521 g/mol. The molecule has 6 rings (SSSR count). The third-order valence-electron chi connectivity index (χ3n) is 6.46. The fourth-order valence-corrected chi connectivity index (χ4v) is 4.59. The van der Waals surface area contributed by atoms with Crippen LogP contribution in [0.15, 0.2) is 127 Å². The Kier molecular flexibility index (Phi) is 6.66. The van der Waals surface area contributed by atoms with Gasteiger partial charge < -0.3 is 0 Å². The molecule has 0 bridgehead atoms. The van der Waals surface area contributed by atoms with Gasteiger partial charge in [-0.2, -0.15) is 5.26 Å². The molecule has 5 heteroatoms. The zero-order chi connectivity index (χ0) is 26.6. The van der Waals surface area contributed by atoms with Gasteiger partial charge in [-0.3, -0.25) is 0 Å². The smallest absolute Gasteiger partial charge is 0.164 e. The zero-order valence-corrected chi connectivity index (χ0v) is 21.5. The normalized spacial score (nSPS) is 10.7. The highest BCUT2D eigenvalue weighted by molar-refractivity contribution is 6.30. The minimum absolute atomic E-state index is 0.494. The van der Waals surface area contributed by atoms with Gasteiger partial charge in [-0.15, -0.1) is 0 Å². The van der Waals surface area contributed by atoms with Gasteiger partial charge in [-0.1, -0.05) is 115 Å². The first kappa shape index (κ1) is 24.2. The van der Waals surface area contributed by atoms with Crippen LogP contribution in [0.25, 0.3) is 56.4 Å². The van der Waals surface area contributed by atoms with Crippen LogP contribution >= 0.6 is 11.6 Å². The molecule has 0 aliphatic rings. The van der Waals surface area contributed by atoms with E-state index in [1.165, 1.54) is 0 Å². The van der Waals surface area contributed by atoms with Crippen LogP contribution in [0, 0.1) is 11.3 Å². The average Bonchev–Trinajstić information content (AvgIpc) is 3.02. The molecule has 0 amide bonds. The summed E-state index contributed by atoms with van der Waals surface area (Å²) in [5, 5.41) is 10.3. The van der Waals surface area contributed by atoms with Gasteiger partial charge in [0.15, 0.2) is 17.5 Å². The molecular weight excluding hydrogens is 500 g/mol. The molecule has 0 atom stereocenters. The standard InChI is InChI=1S/C34H21ClN4/c35-29-18-16-26(17-19-29)30-20-11-23(22-36)21-31(30)34-38-32(27-9-5-2-6-10-27)37-33(39-34)28-14-12-25(13-15-28)24-7-3-1-4-8-24/h1-21H. The quantitative estimate of drug-likeness (QED) is 0.228. The Bertz CT molecular complexity index is 1790. The van der Waals surface area contributed by atoms with E-state index >= 15 is 0 Å². The SMILES string of the molecule is N#Cc1ccc(-c2ccc(Cl)cc2)c(-c2nc(-c3ccccc3)nc(-c3ccc(-c4ccccc4)cc3)n2)c1. The molecule has 0 unspecified atom stereocenters. The Morgan fingerprint density at radius 1 is 0.462 bits per heavy atom. The summed E-state index contributed by atoms with van der Waals surface area (Å²) < 4.78 is 0. The molecule has 39 heavy (non-hydrogen) atoms. The van der Waals surface area contributed by atoms with Gasteiger partial charge in [0.2, 0.25) is 0 Å². The van der Waals surface area contributed by atoms with Gasteiger partial charge in [0, 0.05) is 21.7 Å². The molecule has 1 aromatic heterocycles. The van der Waals surface area contributed by atoms with Crippen molar-refractivity contribution in [1.82, 2.24) is 15.0 Å². The van der Waals surface area contributed by atoms with Gasteiger partial charge in [0.05, 0.1) is 11.6 Å². The van der Waals surface area contributed by atoms with E-state index in [2.05, 4.69) is 30.3 Å². The Balaban J connectivity index is 1.53. The Labute approximate surface area is 231 Å². The van der Waals surface area contributed by atoms with E-state index < -0.39 is 0 Å². The largest absolute Gasteiger partial charge is 0.208 e. The summed E-state index contributed by atoms with van der Waals surface area (Å²) in [4.78, 5) is 14.7. The lowest BCUT2D eigenvalue weighted by atomic mass is 9.97. The van der Waals surface area contributed by atoms with Gasteiger partial charge in [0.25, 0.3) is 0 Å². The second-order valence-electron chi connectivity index (χ2n) is 8.99. The summed E-state index contributed by atoms with van der Waals surface area (Å²) in [7, 11) is 0. The van der Waals surface area contributed by atoms with Crippen LogP contribution in [0.4, 0.5) is 0 Å². The predicted molar refractivity (Wildman–Crippen MR) is 157 cm³/mol. The lowest BCUT2D eigenvalue weighted by molar-refractivity contribution is 1.07. The predicted octanol–water partition coefficient (Wildman–Crippen LogP) is 8.73. The van der Waals surface area contributed by atoms with Crippen LogP contribution in [0.3, 0.4) is 0 Å². The van der Waals surface area contributed by atoms with Crippen molar-refractivity contribution in [2.45, 2.75) is 0 Å². The monoisotopic (exact) mass is 520 g/mol. The first-order valence-electron chi connectivity index (χ1n) is 12.5. The summed E-state index contributed by atoms with van der Waals surface area (Å²) in [5.41, 5.74) is 7.15. The zero-order valence-electron chi connectivity index (χ0n) is 20.8. The van der Waals surface area contributed by atoms with Gasteiger partial charge >= 0.3 is 0 Å². The second-order valence-corrected chi connectivity index (χ2v) is 9.43. The maximum Gasteiger partial charge on any atom is 0.164 e. The van der Waals surface area contributed by atoms with Crippen molar-refractivity contribution in [3.63, 3.8) is 0 Å². The van der Waals surface area contributed by atoms with E-state index in [9.17, 15) is 5.26 Å². The number of aromatic nitrogens is 3. The van der Waals surface area contributed by atoms with Gasteiger partial charge in [-0.25, -0.2) is 15.0 Å². The molecule has 1 heterocycles. The summed E-state index contributed by atoms with van der Waals surface area (Å²) in [6.07, 6.45) is 0. The molecule has 0 spiro atoms. The fourth-order valence-electron chi connectivity index (χ4n) is 4.46. The van der Waals surface area contributed by atoms with E-state index in [0.29, 0.717) is 28.1 Å². The lowest BCUT2D eigenvalue weighted by Crippen LogP contribution is -2.01. The van der Waals surface area contributed by atoms with Crippen molar-refractivity contribution in [2.24, 2.45) is 0 Å². The summed E-state index contributed by atoms with van der Waals surface area (Å²) in [5.74, 6) is 1.61. The van der Waals surface area contributed by atoms with Crippen LogP contribution in [0.2, 0.25) is 5.02 Å². The molecule has 6 aromatic rings. The fraction of sp³-hybridized carbons (Fsp3) is 0. The number of halogens is 1. The number of hydrogen-bond donors (Lipinski definition) is 0. The van der Waals surface area contributed by atoms with E-state index in [1.54, 1.807) is 6.07 Å². The lowest BCUT2D eigenvalue weighted by Gasteiger charge is -2.13. The Morgan fingerprint density at radius 2 is 0.949 bits per heavy atom. The highest BCUT2D eigenvalue weighted by Gasteiger charge is 2.16. The number of benzene rings is 5. The first-order chi connectivity index (χ1) is 19.2. The summed E-state index contributed by atoms with van der Waals surface area (Å²) in [6.45, 7) is 0. The van der Waals surface area contributed by atoms with E-state index in [0.717, 1.165) is 38.9 Å². The summed E-state index contributed by atoms with van der Waals surface area (Å²) in [6, 6.07) is 43.7. The molecule has 0 saturated heterocycles. The van der Waals surface area contributed by atoms with E-state index in [1.807, 2.05) is 97.1 Å². The van der Waals surface area contributed by atoms with Crippen LogP contribution in [0.1, 0.15) is 5.56 Å². The van der Waals surface area contributed by atoms with Crippen LogP contribution < -0.4 is 0 Å². The minimum atomic E-state index is 0.494. The summed E-state index contributed by atoms with van der Waals surface area (Å²) >= 11 is 6.15. The maximum absolute atomic E-state index is 9.67.